The molecule has 1 saturated heterocycles. The zero-order valence-electron chi connectivity index (χ0n) is 21.1. The molecule has 5 rings (SSSR count). The number of rotatable bonds is 8. The molecule has 2 aliphatic carbocycles. The smallest absolute Gasteiger partial charge is 0.234 e. The third-order valence-electron chi connectivity index (χ3n) is 8.64. The summed E-state index contributed by atoms with van der Waals surface area (Å²) in [6.07, 6.45) is 1.72. The molecule has 1 aliphatic heterocycles. The highest BCUT2D eigenvalue weighted by atomic mass is 16.2. The molecular weight excluding hydrogens is 436 g/mol. The van der Waals surface area contributed by atoms with Crippen molar-refractivity contribution in [2.45, 2.75) is 33.1 Å². The molecule has 2 aromatic carbocycles. The van der Waals surface area contributed by atoms with Crippen molar-refractivity contribution in [1.29, 1.82) is 0 Å². The van der Waals surface area contributed by atoms with E-state index in [1.165, 1.54) is 4.90 Å². The van der Waals surface area contributed by atoms with Crippen molar-refractivity contribution in [3.63, 3.8) is 0 Å². The Morgan fingerprint density at radius 2 is 1.17 bits per heavy atom. The fourth-order valence-corrected chi connectivity index (χ4v) is 7.28. The van der Waals surface area contributed by atoms with Crippen LogP contribution in [0.5, 0.6) is 0 Å². The summed E-state index contributed by atoms with van der Waals surface area (Å²) in [6.45, 7) is 5.21. The van der Waals surface area contributed by atoms with Crippen molar-refractivity contribution in [3.05, 3.63) is 71.8 Å². The summed E-state index contributed by atoms with van der Waals surface area (Å²) in [6, 6.07) is 20.0. The van der Waals surface area contributed by atoms with Crippen LogP contribution in [0, 0.1) is 22.7 Å². The first-order valence-electron chi connectivity index (χ1n) is 12.8. The summed E-state index contributed by atoms with van der Waals surface area (Å²) >= 11 is 0. The van der Waals surface area contributed by atoms with Crippen molar-refractivity contribution in [2.75, 3.05) is 27.2 Å². The molecule has 2 bridgehead atoms. The van der Waals surface area contributed by atoms with Gasteiger partial charge in [0, 0.05) is 6.54 Å². The van der Waals surface area contributed by atoms with Crippen LogP contribution in [0.3, 0.4) is 0 Å². The summed E-state index contributed by atoms with van der Waals surface area (Å²) in [7, 11) is 3.98. The Labute approximate surface area is 207 Å². The van der Waals surface area contributed by atoms with E-state index in [4.69, 9.17) is 0 Å². The first kappa shape index (κ1) is 23.7. The third-order valence-corrected chi connectivity index (χ3v) is 8.64. The number of ketones is 1. The number of carbonyl (C=O) groups is 3. The van der Waals surface area contributed by atoms with E-state index in [-0.39, 0.29) is 17.6 Å². The van der Waals surface area contributed by atoms with E-state index in [9.17, 15) is 14.4 Å². The minimum absolute atomic E-state index is 0.0670. The maximum atomic E-state index is 14.6. The summed E-state index contributed by atoms with van der Waals surface area (Å²) in [5, 5.41) is 0. The molecule has 0 N–H and O–H groups in total. The van der Waals surface area contributed by atoms with Gasteiger partial charge in [-0.25, -0.2) is 0 Å². The molecule has 2 aromatic rings. The van der Waals surface area contributed by atoms with Crippen LogP contribution in [0.15, 0.2) is 60.7 Å². The van der Waals surface area contributed by atoms with Crippen LogP contribution in [-0.4, -0.2) is 54.6 Å². The van der Waals surface area contributed by atoms with Gasteiger partial charge in [-0.3, -0.25) is 19.3 Å². The predicted molar refractivity (Wildman–Crippen MR) is 137 cm³/mol. The topological polar surface area (TPSA) is 57.7 Å². The Morgan fingerprint density at radius 1 is 0.743 bits per heavy atom. The molecule has 2 fully saturated rings. The molecule has 0 radical (unpaired) electrons. The lowest BCUT2D eigenvalue weighted by atomic mass is 9.60. The Hall–Kier alpha value is -3.05. The number of Topliss-reactive ketones (excluding diaryl/α,β-unsaturated/α-hetero) is 1. The van der Waals surface area contributed by atoms with Gasteiger partial charge in [0.25, 0.3) is 0 Å². The largest absolute Gasteiger partial charge is 0.309 e. The minimum Gasteiger partial charge on any atom is -0.309 e. The van der Waals surface area contributed by atoms with Crippen LogP contribution >= 0.6 is 0 Å². The van der Waals surface area contributed by atoms with Crippen molar-refractivity contribution in [3.8, 4) is 0 Å². The molecule has 3 aliphatic rings. The Balaban J connectivity index is 1.75. The first-order valence-corrected chi connectivity index (χ1v) is 12.8. The van der Waals surface area contributed by atoms with E-state index < -0.39 is 22.7 Å². The van der Waals surface area contributed by atoms with E-state index in [0.29, 0.717) is 19.4 Å². The molecule has 35 heavy (non-hydrogen) atoms. The molecule has 5 heteroatoms. The lowest BCUT2D eigenvalue weighted by Gasteiger charge is -2.38. The van der Waals surface area contributed by atoms with E-state index in [1.54, 1.807) is 0 Å². The van der Waals surface area contributed by atoms with Crippen LogP contribution in [0.25, 0.3) is 11.1 Å². The Morgan fingerprint density at radius 3 is 1.54 bits per heavy atom. The quantitative estimate of drug-likeness (QED) is 0.532. The van der Waals surface area contributed by atoms with Crippen LogP contribution < -0.4 is 0 Å². The van der Waals surface area contributed by atoms with Crippen molar-refractivity contribution < 1.29 is 14.4 Å². The van der Waals surface area contributed by atoms with Gasteiger partial charge in [-0.1, -0.05) is 74.5 Å². The summed E-state index contributed by atoms with van der Waals surface area (Å²) in [4.78, 5) is 46.0. The van der Waals surface area contributed by atoms with E-state index in [2.05, 4.69) is 4.90 Å². The number of amides is 2. The lowest BCUT2D eigenvalue weighted by Crippen LogP contribution is -2.42. The van der Waals surface area contributed by atoms with Gasteiger partial charge in [-0.05, 0) is 62.2 Å². The van der Waals surface area contributed by atoms with Crippen molar-refractivity contribution in [2.24, 2.45) is 22.7 Å². The minimum atomic E-state index is -0.990. The average Bonchev–Trinajstić information content (AvgIpc) is 3.36. The number of fused-ring (bicyclic) bond motifs is 5. The molecule has 4 atom stereocenters. The Bertz CT molecular complexity index is 1120. The number of benzene rings is 2. The van der Waals surface area contributed by atoms with Gasteiger partial charge in [-0.2, -0.15) is 0 Å². The summed E-state index contributed by atoms with van der Waals surface area (Å²) in [5.41, 5.74) is 1.88. The lowest BCUT2D eigenvalue weighted by molar-refractivity contribution is -0.145. The normalized spacial score (nSPS) is 29.6. The highest BCUT2D eigenvalue weighted by molar-refractivity contribution is 6.29. The standard InChI is InChI=1S/C30H34N2O3/c1-5-29-22(20-14-9-7-10-15-20)23(21-16-11-8-12-17-21)30(6-2,28(29)35)25-24(29)26(33)32(27(25)34)19-13-18-31(3)4/h7-12,14-17,24-25H,5-6,13,18-19H2,1-4H3. The maximum Gasteiger partial charge on any atom is 0.234 e. The molecule has 4 unspecified atom stereocenters. The highest BCUT2D eigenvalue weighted by Gasteiger charge is 2.80. The van der Waals surface area contributed by atoms with Gasteiger partial charge in [0.2, 0.25) is 11.8 Å². The third kappa shape index (κ3) is 3.00. The van der Waals surface area contributed by atoms with Gasteiger partial charge >= 0.3 is 0 Å². The van der Waals surface area contributed by atoms with Gasteiger partial charge in [0.15, 0.2) is 5.78 Å². The number of hydrogen-bond donors (Lipinski definition) is 0. The van der Waals surface area contributed by atoms with Gasteiger partial charge in [0.05, 0.1) is 22.7 Å². The molecule has 0 aromatic heterocycles. The van der Waals surface area contributed by atoms with Gasteiger partial charge in [0.1, 0.15) is 0 Å². The second-order valence-corrected chi connectivity index (χ2v) is 10.4. The number of allylic oxidation sites excluding steroid dienone is 2. The zero-order chi connectivity index (χ0) is 25.0. The number of nitrogens with zero attached hydrogens (tertiary/aromatic N) is 2. The molecule has 0 spiro atoms. The first-order chi connectivity index (χ1) is 16.9. The molecule has 2 amide bonds. The molecule has 182 valence electrons. The second-order valence-electron chi connectivity index (χ2n) is 10.4. The van der Waals surface area contributed by atoms with E-state index in [1.807, 2.05) is 88.6 Å². The maximum absolute atomic E-state index is 14.6. The second kappa shape index (κ2) is 8.56. The number of likely N-dealkylation sites (tertiary alicyclic amines) is 1. The molecule has 1 saturated carbocycles. The van der Waals surface area contributed by atoms with Crippen LogP contribution in [-0.2, 0) is 14.4 Å². The van der Waals surface area contributed by atoms with Crippen molar-refractivity contribution in [1.82, 2.24) is 9.80 Å². The van der Waals surface area contributed by atoms with Gasteiger partial charge in [-0.15, -0.1) is 0 Å². The van der Waals surface area contributed by atoms with Crippen LogP contribution in [0.1, 0.15) is 44.2 Å². The summed E-state index contributed by atoms with van der Waals surface area (Å²) in [5.74, 6) is -1.52. The fraction of sp³-hybridized carbons (Fsp3) is 0.433. The Kier molecular flexibility index (Phi) is 5.79. The van der Waals surface area contributed by atoms with Gasteiger partial charge < -0.3 is 4.90 Å². The molecule has 5 nitrogen and oxygen atoms in total. The van der Waals surface area contributed by atoms with E-state index >= 15 is 0 Å². The zero-order valence-corrected chi connectivity index (χ0v) is 21.1. The van der Waals surface area contributed by atoms with E-state index in [0.717, 1.165) is 35.2 Å². The van der Waals surface area contributed by atoms with Crippen molar-refractivity contribution >= 4 is 28.7 Å². The number of imide groups is 1. The monoisotopic (exact) mass is 470 g/mol. The molecule has 1 heterocycles. The van der Waals surface area contributed by atoms with Crippen LogP contribution in [0.2, 0.25) is 0 Å². The SMILES string of the molecule is CCC12C(=O)C(CC)(C(c3ccccc3)=C1c1ccccc1)C1C(=O)N(CCCN(C)C)C(=O)C12. The highest BCUT2D eigenvalue weighted by Crippen LogP contribution is 2.75. The fourth-order valence-electron chi connectivity index (χ4n) is 7.28. The average molecular weight is 471 g/mol. The van der Waals surface area contributed by atoms with Crippen LogP contribution in [0.4, 0.5) is 0 Å². The predicted octanol–water partition coefficient (Wildman–Crippen LogP) is 4.54. The molecular formula is C30H34N2O3. The number of hydrogen-bond acceptors (Lipinski definition) is 4. The number of carbonyl (C=O) groups excluding carboxylic acids is 3. The summed E-state index contributed by atoms with van der Waals surface area (Å²) < 4.78 is 0.